The van der Waals surface area contributed by atoms with Crippen LogP contribution in [0.4, 0.5) is 10.2 Å². The van der Waals surface area contributed by atoms with Gasteiger partial charge in [0, 0.05) is 47.1 Å². The van der Waals surface area contributed by atoms with Crippen LogP contribution in [0.1, 0.15) is 44.2 Å². The van der Waals surface area contributed by atoms with Crippen LogP contribution in [0.2, 0.25) is 0 Å². The number of nitrogens with zero attached hydrogens (tertiary/aromatic N) is 5. The molecule has 3 aromatic heterocycles. The van der Waals surface area contributed by atoms with Crippen molar-refractivity contribution in [2.75, 3.05) is 12.0 Å². The van der Waals surface area contributed by atoms with Crippen molar-refractivity contribution in [3.63, 3.8) is 0 Å². The van der Waals surface area contributed by atoms with Crippen LogP contribution in [0.15, 0.2) is 53.7 Å². The number of carbonyl (C=O) groups is 1. The Morgan fingerprint density at radius 3 is 2.30 bits per heavy atom. The van der Waals surface area contributed by atoms with E-state index in [4.69, 9.17) is 10.7 Å². The zero-order chi connectivity index (χ0) is 28.3. The molecule has 0 radical (unpaired) electrons. The van der Waals surface area contributed by atoms with E-state index in [2.05, 4.69) is 10.1 Å². The third-order valence-electron chi connectivity index (χ3n) is 7.98. The van der Waals surface area contributed by atoms with Gasteiger partial charge < -0.3 is 15.7 Å². The van der Waals surface area contributed by atoms with Gasteiger partial charge in [0.05, 0.1) is 17.6 Å². The van der Waals surface area contributed by atoms with E-state index in [1.54, 1.807) is 29.4 Å². The molecule has 0 spiro atoms. The summed E-state index contributed by atoms with van der Waals surface area (Å²) in [6.45, 7) is 1.47. The zero-order valence-corrected chi connectivity index (χ0v) is 22.8. The number of rotatable bonds is 5. The van der Waals surface area contributed by atoms with Crippen molar-refractivity contribution in [3.05, 3.63) is 60.3 Å². The van der Waals surface area contributed by atoms with E-state index in [9.17, 15) is 22.7 Å². The second-order valence-corrected chi connectivity index (χ2v) is 12.6. The molecular formula is C28H29FN6O4S. The number of halogens is 1. The van der Waals surface area contributed by atoms with Gasteiger partial charge in [-0.05, 0) is 62.9 Å². The molecule has 2 fully saturated rings. The number of amides is 1. The predicted octanol–water partition coefficient (Wildman–Crippen LogP) is 3.20. The van der Waals surface area contributed by atoms with Gasteiger partial charge in [0.15, 0.2) is 15.5 Å². The smallest absolute Gasteiger partial charge is 0.251 e. The highest BCUT2D eigenvalue weighted by molar-refractivity contribution is 7.91. The minimum Gasteiger partial charge on any atom is -0.384 e. The fourth-order valence-corrected chi connectivity index (χ4v) is 7.26. The van der Waals surface area contributed by atoms with Crippen LogP contribution in [0, 0.1) is 5.82 Å². The number of aromatic nitrogens is 4. The lowest BCUT2D eigenvalue weighted by atomic mass is 9.87. The molecule has 4 aromatic rings. The number of nitrogens with two attached hydrogens (primary N) is 1. The first-order valence-electron chi connectivity index (χ1n) is 13.1. The standard InChI is InChI=1S/C28H29FN6O4S/c1-15(36)28(37)34-20-8-9-21(34)12-18(11-20)24-25(40(2,38)39)26(30)35-27(33-24)22(14-32-35)17-5-10-23(31-13-17)16-3-6-19(29)7-4-16/h3-7,10,13-15,18,20-21,36H,8-9,11-12,30H2,1-2H3/t15-,20-,21-/m1/s1. The maximum atomic E-state index is 13.3. The number of sulfone groups is 1. The second-order valence-electron chi connectivity index (χ2n) is 10.7. The van der Waals surface area contributed by atoms with Gasteiger partial charge in [-0.3, -0.25) is 9.78 Å². The summed E-state index contributed by atoms with van der Waals surface area (Å²) in [6.07, 6.45) is 5.89. The lowest BCUT2D eigenvalue weighted by Gasteiger charge is -2.39. The van der Waals surface area contributed by atoms with Gasteiger partial charge in [-0.25, -0.2) is 17.8 Å². The topological polar surface area (TPSA) is 144 Å². The van der Waals surface area contributed by atoms with E-state index in [0.717, 1.165) is 24.7 Å². The van der Waals surface area contributed by atoms with Crippen LogP contribution in [0.3, 0.4) is 0 Å². The molecule has 3 atom stereocenters. The maximum absolute atomic E-state index is 13.3. The average Bonchev–Trinajstić information content (AvgIpc) is 3.46. The number of aliphatic hydroxyl groups is 1. The third kappa shape index (κ3) is 4.40. The van der Waals surface area contributed by atoms with Crippen LogP contribution in [-0.2, 0) is 14.6 Å². The van der Waals surface area contributed by atoms with Crippen LogP contribution in [0.5, 0.6) is 0 Å². The molecule has 2 saturated heterocycles. The minimum absolute atomic E-state index is 0.0144. The molecule has 3 N–H and O–H groups in total. The highest BCUT2D eigenvalue weighted by atomic mass is 32.2. The van der Waals surface area contributed by atoms with Crippen molar-refractivity contribution in [2.24, 2.45) is 0 Å². The lowest BCUT2D eigenvalue weighted by Crippen LogP contribution is -2.49. The van der Waals surface area contributed by atoms with E-state index in [1.807, 2.05) is 12.1 Å². The number of benzene rings is 1. The minimum atomic E-state index is -3.77. The van der Waals surface area contributed by atoms with Gasteiger partial charge in [0.1, 0.15) is 22.6 Å². The van der Waals surface area contributed by atoms with Crippen LogP contribution < -0.4 is 5.73 Å². The largest absolute Gasteiger partial charge is 0.384 e. The van der Waals surface area contributed by atoms with Crippen molar-refractivity contribution in [2.45, 2.75) is 61.6 Å². The lowest BCUT2D eigenvalue weighted by molar-refractivity contribution is -0.144. The number of hydrogen-bond donors (Lipinski definition) is 2. The van der Waals surface area contributed by atoms with Gasteiger partial charge in [0.2, 0.25) is 0 Å². The van der Waals surface area contributed by atoms with Crippen molar-refractivity contribution in [1.82, 2.24) is 24.5 Å². The van der Waals surface area contributed by atoms with Gasteiger partial charge in [-0.2, -0.15) is 9.61 Å². The van der Waals surface area contributed by atoms with Crippen molar-refractivity contribution in [3.8, 4) is 22.4 Å². The molecule has 1 amide bonds. The van der Waals surface area contributed by atoms with Crippen molar-refractivity contribution in [1.29, 1.82) is 0 Å². The molecule has 0 aliphatic carbocycles. The molecule has 12 heteroatoms. The molecule has 2 bridgehead atoms. The Morgan fingerprint density at radius 1 is 1.07 bits per heavy atom. The summed E-state index contributed by atoms with van der Waals surface area (Å²) in [7, 11) is -3.77. The van der Waals surface area contributed by atoms with E-state index in [0.29, 0.717) is 41.0 Å². The van der Waals surface area contributed by atoms with Crippen LogP contribution >= 0.6 is 0 Å². The molecule has 5 heterocycles. The number of anilines is 1. The molecule has 208 valence electrons. The Hall–Kier alpha value is -3.90. The number of nitrogen functional groups attached to an aromatic ring is 1. The number of fused-ring (bicyclic) bond motifs is 3. The first-order chi connectivity index (χ1) is 19.0. The first-order valence-corrected chi connectivity index (χ1v) is 15.0. The summed E-state index contributed by atoms with van der Waals surface area (Å²) in [5, 5.41) is 14.3. The predicted molar refractivity (Wildman–Crippen MR) is 146 cm³/mol. The molecule has 6 rings (SSSR count). The van der Waals surface area contributed by atoms with Crippen LogP contribution in [0.25, 0.3) is 28.0 Å². The maximum Gasteiger partial charge on any atom is 0.251 e. The first kappa shape index (κ1) is 26.3. The summed E-state index contributed by atoms with van der Waals surface area (Å²) >= 11 is 0. The molecular weight excluding hydrogens is 535 g/mol. The molecule has 2 aliphatic rings. The second kappa shape index (κ2) is 9.63. The SMILES string of the molecule is C[C@@H](O)C(=O)N1[C@@H]2CC[C@@H]1CC(c1nc3c(-c4ccc(-c5ccc(F)cc5)nc4)cnn3c(N)c1S(C)(=O)=O)C2. The van der Waals surface area contributed by atoms with E-state index >= 15 is 0 Å². The van der Waals surface area contributed by atoms with Gasteiger partial charge in [-0.1, -0.05) is 6.07 Å². The molecule has 40 heavy (non-hydrogen) atoms. The molecule has 0 unspecified atom stereocenters. The Balaban J connectivity index is 1.42. The van der Waals surface area contributed by atoms with E-state index < -0.39 is 15.9 Å². The fraction of sp³-hybridized carbons (Fsp3) is 0.357. The van der Waals surface area contributed by atoms with E-state index in [1.165, 1.54) is 23.6 Å². The number of carbonyl (C=O) groups excluding carboxylic acids is 1. The number of pyridine rings is 1. The number of hydrogen-bond acceptors (Lipinski definition) is 8. The van der Waals surface area contributed by atoms with Crippen LogP contribution in [-0.4, -0.2) is 68.4 Å². The molecule has 0 saturated carbocycles. The molecule has 2 aliphatic heterocycles. The zero-order valence-electron chi connectivity index (χ0n) is 22.0. The third-order valence-corrected chi connectivity index (χ3v) is 9.14. The highest BCUT2D eigenvalue weighted by Crippen LogP contribution is 2.45. The molecule has 1 aromatic carbocycles. The van der Waals surface area contributed by atoms with Gasteiger partial charge >= 0.3 is 0 Å². The summed E-state index contributed by atoms with van der Waals surface area (Å²) in [4.78, 5) is 23.8. The Morgan fingerprint density at radius 2 is 1.73 bits per heavy atom. The average molecular weight is 565 g/mol. The van der Waals surface area contributed by atoms with E-state index in [-0.39, 0.29) is 40.4 Å². The molecule has 10 nitrogen and oxygen atoms in total. The Bertz CT molecular complexity index is 1710. The highest BCUT2D eigenvalue weighted by Gasteiger charge is 2.46. The normalized spacial score (nSPS) is 21.6. The van der Waals surface area contributed by atoms with Crippen molar-refractivity contribution >= 4 is 27.2 Å². The Labute approximate surface area is 230 Å². The summed E-state index contributed by atoms with van der Waals surface area (Å²) in [5.41, 5.74) is 10.0. The number of aliphatic hydroxyl groups excluding tert-OH is 1. The summed E-state index contributed by atoms with van der Waals surface area (Å²) in [5.74, 6) is -0.881. The quantitative estimate of drug-likeness (QED) is 0.376. The number of piperidine rings is 1. The monoisotopic (exact) mass is 564 g/mol. The van der Waals surface area contributed by atoms with Gasteiger partial charge in [-0.15, -0.1) is 0 Å². The Kier molecular flexibility index (Phi) is 6.34. The van der Waals surface area contributed by atoms with Gasteiger partial charge in [0.25, 0.3) is 5.91 Å². The summed E-state index contributed by atoms with van der Waals surface area (Å²) < 4.78 is 40.6. The van der Waals surface area contributed by atoms with Crippen molar-refractivity contribution < 1.29 is 22.7 Å². The fourth-order valence-electron chi connectivity index (χ4n) is 6.20. The summed E-state index contributed by atoms with van der Waals surface area (Å²) in [6, 6.07) is 9.51.